The molecule has 1 N–H and O–H groups in total. The third kappa shape index (κ3) is 4.51. The molecular weight excluding hydrogens is 270 g/mol. The minimum Gasteiger partial charge on any atom is -0.451 e. The maximum Gasteiger partial charge on any atom is 0.359 e. The fraction of sp³-hybridized carbons (Fsp3) is 0.600. The van der Waals surface area contributed by atoms with Crippen LogP contribution in [0.25, 0.3) is 0 Å². The van der Waals surface area contributed by atoms with Gasteiger partial charge >= 0.3 is 5.97 Å². The highest BCUT2D eigenvalue weighted by Crippen LogP contribution is 2.23. The summed E-state index contributed by atoms with van der Waals surface area (Å²) in [6.07, 6.45) is 7.30. The Kier molecular flexibility index (Phi) is 5.25. The van der Waals surface area contributed by atoms with E-state index in [0.717, 1.165) is 25.0 Å². The van der Waals surface area contributed by atoms with Gasteiger partial charge in [0.1, 0.15) is 0 Å². The van der Waals surface area contributed by atoms with Crippen molar-refractivity contribution in [2.75, 3.05) is 6.61 Å². The van der Waals surface area contributed by atoms with E-state index in [1.165, 1.54) is 18.8 Å². The highest BCUT2D eigenvalue weighted by Gasteiger charge is 2.23. The Balaban J connectivity index is 1.78. The lowest BCUT2D eigenvalue weighted by Crippen LogP contribution is -2.42. The summed E-state index contributed by atoms with van der Waals surface area (Å²) in [6, 6.07) is 0.184. The van der Waals surface area contributed by atoms with E-state index >= 15 is 0 Å². The number of carbonyl (C=O) groups excluding carboxylic acids is 2. The number of esters is 1. The van der Waals surface area contributed by atoms with Crippen LogP contribution >= 0.6 is 0 Å². The fourth-order valence-corrected chi connectivity index (χ4v) is 2.48. The SMILES string of the molecule is Cc1cnc(C(=O)OCC(=O)NC2CCCCC2C)cn1. The summed E-state index contributed by atoms with van der Waals surface area (Å²) in [5.74, 6) is -0.419. The minimum atomic E-state index is -0.630. The molecule has 2 rings (SSSR count). The summed E-state index contributed by atoms with van der Waals surface area (Å²) in [5, 5.41) is 2.93. The minimum absolute atomic E-state index is 0.111. The quantitative estimate of drug-likeness (QED) is 0.853. The van der Waals surface area contributed by atoms with Crippen molar-refractivity contribution in [2.45, 2.75) is 45.6 Å². The van der Waals surface area contributed by atoms with Gasteiger partial charge in [-0.15, -0.1) is 0 Å². The van der Waals surface area contributed by atoms with E-state index in [9.17, 15) is 9.59 Å². The van der Waals surface area contributed by atoms with Crippen LogP contribution in [0.15, 0.2) is 12.4 Å². The molecule has 1 amide bonds. The Bertz CT molecular complexity index is 501. The molecule has 1 aliphatic rings. The molecule has 0 spiro atoms. The van der Waals surface area contributed by atoms with Crippen LogP contribution in [-0.2, 0) is 9.53 Å². The molecule has 2 unspecified atom stereocenters. The van der Waals surface area contributed by atoms with Gasteiger partial charge in [-0.05, 0) is 25.7 Å². The molecular formula is C15H21N3O3. The van der Waals surface area contributed by atoms with Gasteiger partial charge in [0.05, 0.1) is 11.9 Å². The van der Waals surface area contributed by atoms with Gasteiger partial charge in [-0.3, -0.25) is 9.78 Å². The second-order valence-electron chi connectivity index (χ2n) is 5.55. The molecule has 21 heavy (non-hydrogen) atoms. The van der Waals surface area contributed by atoms with Gasteiger partial charge in [0.15, 0.2) is 12.3 Å². The molecule has 6 nitrogen and oxygen atoms in total. The van der Waals surface area contributed by atoms with Crippen molar-refractivity contribution in [2.24, 2.45) is 5.92 Å². The molecule has 0 bridgehead atoms. The molecule has 0 saturated heterocycles. The first-order valence-corrected chi connectivity index (χ1v) is 7.31. The molecule has 2 atom stereocenters. The molecule has 1 aliphatic carbocycles. The molecule has 114 valence electrons. The lowest BCUT2D eigenvalue weighted by Gasteiger charge is -2.29. The van der Waals surface area contributed by atoms with E-state index in [1.54, 1.807) is 6.92 Å². The summed E-state index contributed by atoms with van der Waals surface area (Å²) in [6.45, 7) is 3.64. The third-order valence-electron chi connectivity index (χ3n) is 3.78. The van der Waals surface area contributed by atoms with Crippen molar-refractivity contribution in [1.29, 1.82) is 0 Å². The molecule has 1 aromatic rings. The Morgan fingerprint density at radius 2 is 2.05 bits per heavy atom. The zero-order valence-electron chi connectivity index (χ0n) is 12.5. The Labute approximate surface area is 124 Å². The van der Waals surface area contributed by atoms with Crippen LogP contribution in [0.3, 0.4) is 0 Å². The predicted octanol–water partition coefficient (Wildman–Crippen LogP) is 1.64. The summed E-state index contributed by atoms with van der Waals surface area (Å²) in [5.41, 5.74) is 0.829. The highest BCUT2D eigenvalue weighted by molar-refractivity contribution is 5.89. The number of amides is 1. The third-order valence-corrected chi connectivity index (χ3v) is 3.78. The van der Waals surface area contributed by atoms with Crippen LogP contribution in [0.4, 0.5) is 0 Å². The molecule has 0 aromatic carbocycles. The molecule has 1 aromatic heterocycles. The normalized spacial score (nSPS) is 21.6. The van der Waals surface area contributed by atoms with Crippen molar-refractivity contribution < 1.29 is 14.3 Å². The van der Waals surface area contributed by atoms with Crippen molar-refractivity contribution in [3.63, 3.8) is 0 Å². The number of carbonyl (C=O) groups is 2. The smallest absolute Gasteiger partial charge is 0.359 e. The summed E-state index contributed by atoms with van der Waals surface area (Å²) in [4.78, 5) is 31.4. The van der Waals surface area contributed by atoms with E-state index in [4.69, 9.17) is 4.74 Å². The van der Waals surface area contributed by atoms with E-state index in [0.29, 0.717) is 5.92 Å². The number of hydrogen-bond acceptors (Lipinski definition) is 5. The van der Waals surface area contributed by atoms with Crippen molar-refractivity contribution in [3.05, 3.63) is 23.8 Å². The lowest BCUT2D eigenvalue weighted by molar-refractivity contribution is -0.125. The Hall–Kier alpha value is -1.98. The van der Waals surface area contributed by atoms with Crippen LogP contribution in [-0.4, -0.2) is 34.5 Å². The number of nitrogens with one attached hydrogen (secondary N) is 1. The number of nitrogens with zero attached hydrogens (tertiary/aromatic N) is 2. The zero-order chi connectivity index (χ0) is 15.2. The largest absolute Gasteiger partial charge is 0.451 e. The van der Waals surface area contributed by atoms with Gasteiger partial charge in [-0.2, -0.15) is 0 Å². The first-order valence-electron chi connectivity index (χ1n) is 7.31. The average Bonchev–Trinajstić information content (AvgIpc) is 2.48. The van der Waals surface area contributed by atoms with E-state index in [2.05, 4.69) is 22.2 Å². The van der Waals surface area contributed by atoms with Crippen molar-refractivity contribution in [3.8, 4) is 0 Å². The van der Waals surface area contributed by atoms with Crippen LogP contribution in [0.2, 0.25) is 0 Å². The van der Waals surface area contributed by atoms with Crippen LogP contribution in [0.5, 0.6) is 0 Å². The Morgan fingerprint density at radius 3 is 2.71 bits per heavy atom. The Morgan fingerprint density at radius 1 is 1.29 bits per heavy atom. The standard InChI is InChI=1S/C15H21N3O3/c1-10-5-3-4-6-12(10)18-14(19)9-21-15(20)13-8-16-11(2)7-17-13/h7-8,10,12H,3-6,9H2,1-2H3,(H,18,19). The second-order valence-corrected chi connectivity index (χ2v) is 5.55. The lowest BCUT2D eigenvalue weighted by atomic mass is 9.86. The van der Waals surface area contributed by atoms with E-state index in [1.807, 2.05) is 0 Å². The van der Waals surface area contributed by atoms with Gasteiger partial charge in [0.25, 0.3) is 5.91 Å². The molecule has 1 fully saturated rings. The first-order chi connectivity index (χ1) is 10.1. The maximum atomic E-state index is 11.8. The average molecular weight is 291 g/mol. The fourth-order valence-electron chi connectivity index (χ4n) is 2.48. The summed E-state index contributed by atoms with van der Waals surface area (Å²) in [7, 11) is 0. The summed E-state index contributed by atoms with van der Waals surface area (Å²) >= 11 is 0. The van der Waals surface area contributed by atoms with Crippen LogP contribution in [0, 0.1) is 12.8 Å². The molecule has 1 heterocycles. The predicted molar refractivity (Wildman–Crippen MR) is 76.6 cm³/mol. The molecule has 6 heteroatoms. The topological polar surface area (TPSA) is 81.2 Å². The van der Waals surface area contributed by atoms with Crippen LogP contribution in [0.1, 0.15) is 48.8 Å². The van der Waals surface area contributed by atoms with Crippen LogP contribution < -0.4 is 5.32 Å². The summed E-state index contributed by atoms with van der Waals surface area (Å²) < 4.78 is 4.95. The molecule has 0 radical (unpaired) electrons. The monoisotopic (exact) mass is 291 g/mol. The van der Waals surface area contributed by atoms with Gasteiger partial charge in [0, 0.05) is 12.2 Å². The van der Waals surface area contributed by atoms with E-state index < -0.39 is 5.97 Å². The number of aryl methyl sites for hydroxylation is 1. The van der Waals surface area contributed by atoms with E-state index in [-0.39, 0.29) is 24.2 Å². The van der Waals surface area contributed by atoms with Gasteiger partial charge in [0.2, 0.25) is 0 Å². The van der Waals surface area contributed by atoms with Crippen molar-refractivity contribution >= 4 is 11.9 Å². The highest BCUT2D eigenvalue weighted by atomic mass is 16.5. The number of aromatic nitrogens is 2. The molecule has 1 saturated carbocycles. The number of hydrogen-bond donors (Lipinski definition) is 1. The van der Waals surface area contributed by atoms with Gasteiger partial charge < -0.3 is 10.1 Å². The molecule has 0 aliphatic heterocycles. The zero-order valence-corrected chi connectivity index (χ0v) is 12.5. The number of rotatable bonds is 4. The van der Waals surface area contributed by atoms with Crippen molar-refractivity contribution in [1.82, 2.24) is 15.3 Å². The second kappa shape index (κ2) is 7.15. The van der Waals surface area contributed by atoms with Gasteiger partial charge in [-0.1, -0.05) is 19.8 Å². The maximum absolute atomic E-state index is 11.8. The van der Waals surface area contributed by atoms with Gasteiger partial charge in [-0.25, -0.2) is 9.78 Å². The number of ether oxygens (including phenoxy) is 1. The first kappa shape index (κ1) is 15.4.